The molecule has 0 bridgehead atoms. The zero-order valence-corrected chi connectivity index (χ0v) is 16.8. The summed E-state index contributed by atoms with van der Waals surface area (Å²) in [5.74, 6) is -1.75. The highest BCUT2D eigenvalue weighted by molar-refractivity contribution is 5.72. The number of hydrogen-bond acceptors (Lipinski definition) is 5. The van der Waals surface area contributed by atoms with Gasteiger partial charge in [-0.3, -0.25) is 0 Å². The lowest BCUT2D eigenvalue weighted by atomic mass is 10.0. The summed E-state index contributed by atoms with van der Waals surface area (Å²) in [6, 6.07) is 16.1. The van der Waals surface area contributed by atoms with Gasteiger partial charge >= 0.3 is 5.97 Å². The number of halogens is 1. The van der Waals surface area contributed by atoms with Crippen molar-refractivity contribution in [1.82, 2.24) is 4.98 Å². The van der Waals surface area contributed by atoms with E-state index >= 15 is 0 Å². The van der Waals surface area contributed by atoms with Gasteiger partial charge in [0.2, 0.25) is 5.88 Å². The van der Waals surface area contributed by atoms with E-state index in [-0.39, 0.29) is 12.3 Å². The van der Waals surface area contributed by atoms with Gasteiger partial charge in [0.15, 0.2) is 11.9 Å². The number of rotatable bonds is 8. The number of aliphatic carboxylic acids is 1. The normalized spacial score (nSPS) is 11.7. The summed E-state index contributed by atoms with van der Waals surface area (Å²) in [4.78, 5) is 15.2. The Balaban J connectivity index is 1.88. The van der Waals surface area contributed by atoms with Gasteiger partial charge < -0.3 is 20.3 Å². The second-order valence-electron chi connectivity index (χ2n) is 6.83. The topological polar surface area (TPSA) is 94.7 Å². The van der Waals surface area contributed by atoms with E-state index < -0.39 is 23.8 Å². The second-order valence-corrected chi connectivity index (χ2v) is 6.83. The van der Waals surface area contributed by atoms with Crippen LogP contribution in [-0.2, 0) is 11.3 Å². The first kappa shape index (κ1) is 21.3. The fraction of sp³-hybridized carbons (Fsp3) is 0.217. The summed E-state index contributed by atoms with van der Waals surface area (Å²) in [5.41, 5.74) is 9.66. The SMILES string of the molecule is CC[C@@H](Oc1nc(Oc2cc(C)cc(-c3cccc(CN)c3)c2)ccc1F)C(=O)O. The van der Waals surface area contributed by atoms with Crippen molar-refractivity contribution in [3.05, 3.63) is 71.5 Å². The van der Waals surface area contributed by atoms with Crippen LogP contribution in [-0.4, -0.2) is 22.2 Å². The monoisotopic (exact) mass is 410 g/mol. The molecule has 0 saturated carbocycles. The molecule has 0 aliphatic rings. The molecule has 0 spiro atoms. The van der Waals surface area contributed by atoms with Crippen molar-refractivity contribution in [2.45, 2.75) is 32.9 Å². The molecule has 0 aliphatic carbocycles. The third-order valence-electron chi connectivity index (χ3n) is 4.46. The van der Waals surface area contributed by atoms with Gasteiger partial charge in [-0.2, -0.15) is 4.98 Å². The number of aromatic nitrogens is 1. The van der Waals surface area contributed by atoms with E-state index in [1.54, 1.807) is 6.92 Å². The molecule has 156 valence electrons. The number of aryl methyl sites for hydroxylation is 1. The summed E-state index contributed by atoms with van der Waals surface area (Å²) >= 11 is 0. The Hall–Kier alpha value is -3.45. The van der Waals surface area contributed by atoms with Gasteiger partial charge in [-0.25, -0.2) is 9.18 Å². The van der Waals surface area contributed by atoms with Gasteiger partial charge in [-0.05, 0) is 59.9 Å². The Morgan fingerprint density at radius 1 is 1.17 bits per heavy atom. The Bertz CT molecular complexity index is 1060. The average Bonchev–Trinajstić information content (AvgIpc) is 2.73. The molecule has 0 amide bonds. The third-order valence-corrected chi connectivity index (χ3v) is 4.46. The maximum atomic E-state index is 14.0. The molecule has 6 nitrogen and oxygen atoms in total. The van der Waals surface area contributed by atoms with E-state index in [2.05, 4.69) is 4.98 Å². The van der Waals surface area contributed by atoms with Gasteiger partial charge in [-0.1, -0.05) is 31.2 Å². The number of benzene rings is 2. The fourth-order valence-electron chi connectivity index (χ4n) is 2.96. The highest BCUT2D eigenvalue weighted by Gasteiger charge is 2.20. The van der Waals surface area contributed by atoms with Crippen LogP contribution in [0.4, 0.5) is 4.39 Å². The second kappa shape index (κ2) is 9.37. The Kier molecular flexibility index (Phi) is 6.64. The number of carboxylic acids is 1. The summed E-state index contributed by atoms with van der Waals surface area (Å²) in [5, 5.41) is 9.12. The molecular weight excluding hydrogens is 387 g/mol. The van der Waals surface area contributed by atoms with E-state index in [0.717, 1.165) is 28.3 Å². The van der Waals surface area contributed by atoms with Crippen molar-refractivity contribution in [3.8, 4) is 28.6 Å². The van der Waals surface area contributed by atoms with Crippen molar-refractivity contribution in [3.63, 3.8) is 0 Å². The van der Waals surface area contributed by atoms with Gasteiger partial charge in [0, 0.05) is 12.6 Å². The lowest BCUT2D eigenvalue weighted by molar-refractivity contribution is -0.145. The minimum Gasteiger partial charge on any atom is -0.479 e. The highest BCUT2D eigenvalue weighted by Crippen LogP contribution is 2.30. The first-order valence-corrected chi connectivity index (χ1v) is 9.54. The minimum atomic E-state index is -1.19. The zero-order chi connectivity index (χ0) is 21.7. The molecule has 0 unspecified atom stereocenters. The Labute approximate surface area is 174 Å². The molecule has 2 aromatic carbocycles. The number of nitrogens with zero attached hydrogens (tertiary/aromatic N) is 1. The molecule has 3 aromatic rings. The predicted molar refractivity (Wildman–Crippen MR) is 111 cm³/mol. The first-order chi connectivity index (χ1) is 14.4. The van der Waals surface area contributed by atoms with Gasteiger partial charge in [0.1, 0.15) is 5.75 Å². The van der Waals surface area contributed by atoms with Crippen LogP contribution in [0.3, 0.4) is 0 Å². The summed E-state index contributed by atoms with van der Waals surface area (Å²) in [6.07, 6.45) is -1.02. The van der Waals surface area contributed by atoms with E-state index in [4.69, 9.17) is 20.3 Å². The van der Waals surface area contributed by atoms with Crippen molar-refractivity contribution in [2.75, 3.05) is 0 Å². The van der Waals surface area contributed by atoms with Crippen LogP contribution in [0.25, 0.3) is 11.1 Å². The number of carboxylic acid groups (broad SMARTS) is 1. The first-order valence-electron chi connectivity index (χ1n) is 9.54. The van der Waals surface area contributed by atoms with E-state index in [1.807, 2.05) is 49.4 Å². The molecule has 1 heterocycles. The van der Waals surface area contributed by atoms with Crippen molar-refractivity contribution >= 4 is 5.97 Å². The molecule has 0 saturated heterocycles. The third kappa shape index (κ3) is 5.12. The molecule has 0 aliphatic heterocycles. The molecule has 30 heavy (non-hydrogen) atoms. The van der Waals surface area contributed by atoms with Crippen LogP contribution < -0.4 is 15.2 Å². The lowest BCUT2D eigenvalue weighted by Crippen LogP contribution is -2.26. The number of carbonyl (C=O) groups is 1. The maximum absolute atomic E-state index is 14.0. The molecule has 0 radical (unpaired) electrons. The zero-order valence-electron chi connectivity index (χ0n) is 16.8. The molecule has 7 heteroatoms. The smallest absolute Gasteiger partial charge is 0.344 e. The van der Waals surface area contributed by atoms with Gasteiger partial charge in [0.25, 0.3) is 5.88 Å². The van der Waals surface area contributed by atoms with Crippen LogP contribution in [0.2, 0.25) is 0 Å². The van der Waals surface area contributed by atoms with E-state index in [0.29, 0.717) is 12.3 Å². The summed E-state index contributed by atoms with van der Waals surface area (Å²) in [7, 11) is 0. The average molecular weight is 410 g/mol. The molecular formula is C23H23FN2O4. The highest BCUT2D eigenvalue weighted by atomic mass is 19.1. The Morgan fingerprint density at radius 3 is 2.67 bits per heavy atom. The minimum absolute atomic E-state index is 0.0962. The Morgan fingerprint density at radius 2 is 1.97 bits per heavy atom. The van der Waals surface area contributed by atoms with E-state index in [9.17, 15) is 9.18 Å². The predicted octanol–water partition coefficient (Wildman–Crippen LogP) is 4.69. The van der Waals surface area contributed by atoms with Crippen LogP contribution in [0.15, 0.2) is 54.6 Å². The fourth-order valence-corrected chi connectivity index (χ4v) is 2.96. The largest absolute Gasteiger partial charge is 0.479 e. The lowest BCUT2D eigenvalue weighted by Gasteiger charge is -2.14. The van der Waals surface area contributed by atoms with E-state index in [1.165, 1.54) is 6.07 Å². The molecule has 1 aromatic heterocycles. The number of pyridine rings is 1. The maximum Gasteiger partial charge on any atom is 0.344 e. The quantitative estimate of drug-likeness (QED) is 0.559. The van der Waals surface area contributed by atoms with Crippen LogP contribution in [0.5, 0.6) is 17.5 Å². The number of ether oxygens (including phenoxy) is 2. The number of hydrogen-bond donors (Lipinski definition) is 2. The van der Waals surface area contributed by atoms with Crippen molar-refractivity contribution < 1.29 is 23.8 Å². The van der Waals surface area contributed by atoms with Crippen molar-refractivity contribution in [2.24, 2.45) is 5.73 Å². The van der Waals surface area contributed by atoms with Gasteiger partial charge in [0.05, 0.1) is 0 Å². The van der Waals surface area contributed by atoms with Crippen LogP contribution in [0, 0.1) is 12.7 Å². The molecule has 3 rings (SSSR count). The molecule has 0 fully saturated rings. The standard InChI is InChI=1S/C23H23FN2O4/c1-3-20(23(27)28)30-22-19(24)7-8-21(26-22)29-18-10-14(2)9-17(12-18)16-6-4-5-15(11-16)13-25/h4-12,20H,3,13,25H2,1-2H3,(H,27,28)/t20-/m1/s1. The van der Waals surface area contributed by atoms with Crippen molar-refractivity contribution in [1.29, 1.82) is 0 Å². The molecule has 1 atom stereocenters. The summed E-state index contributed by atoms with van der Waals surface area (Å²) in [6.45, 7) is 4.01. The number of nitrogens with two attached hydrogens (primary N) is 1. The summed E-state index contributed by atoms with van der Waals surface area (Å²) < 4.78 is 25.1. The van der Waals surface area contributed by atoms with Gasteiger partial charge in [-0.15, -0.1) is 0 Å². The molecule has 3 N–H and O–H groups in total. The van der Waals surface area contributed by atoms with Crippen LogP contribution in [0.1, 0.15) is 24.5 Å². The van der Waals surface area contributed by atoms with Crippen LogP contribution >= 0.6 is 0 Å².